The molecule has 4 nitrogen and oxygen atoms in total. The molecule has 158 valence electrons. The summed E-state index contributed by atoms with van der Waals surface area (Å²) in [6, 6.07) is 8.20. The smallest absolute Gasteiger partial charge is 0.242 e. The fraction of sp³-hybridized carbons (Fsp3) is 0.478. The van der Waals surface area contributed by atoms with Gasteiger partial charge in [-0.2, -0.15) is 0 Å². The third kappa shape index (κ3) is 6.96. The zero-order chi connectivity index (χ0) is 21.4. The zero-order valence-electron chi connectivity index (χ0n) is 17.8. The normalized spacial score (nSPS) is 11.0. The summed E-state index contributed by atoms with van der Waals surface area (Å²) < 4.78 is 13.3. The second kappa shape index (κ2) is 11.1. The van der Waals surface area contributed by atoms with Gasteiger partial charge in [-0.15, -0.1) is 11.3 Å². The van der Waals surface area contributed by atoms with E-state index in [2.05, 4.69) is 0 Å². The molecule has 0 unspecified atom stereocenters. The number of carbonyl (C=O) groups excluding carboxylic acids is 2. The maximum atomic E-state index is 13.3. The van der Waals surface area contributed by atoms with Crippen LogP contribution in [0.4, 0.5) is 4.39 Å². The third-order valence-corrected chi connectivity index (χ3v) is 5.94. The average molecular weight is 419 g/mol. The zero-order valence-corrected chi connectivity index (χ0v) is 18.6. The second-order valence-electron chi connectivity index (χ2n) is 7.62. The van der Waals surface area contributed by atoms with Crippen molar-refractivity contribution in [2.75, 3.05) is 6.54 Å². The lowest BCUT2D eigenvalue weighted by Gasteiger charge is -2.30. The summed E-state index contributed by atoms with van der Waals surface area (Å²) >= 11 is 1.62. The Morgan fingerprint density at radius 2 is 1.76 bits per heavy atom. The highest BCUT2D eigenvalue weighted by molar-refractivity contribution is 7.10. The Balaban J connectivity index is 2.18. The van der Waals surface area contributed by atoms with Crippen LogP contribution in [0, 0.1) is 12.7 Å². The highest BCUT2D eigenvalue weighted by Crippen LogP contribution is 2.20. The molecule has 0 saturated carbocycles. The van der Waals surface area contributed by atoms with Crippen molar-refractivity contribution in [2.45, 2.75) is 66.1 Å². The number of aryl methyl sites for hydroxylation is 1. The van der Waals surface area contributed by atoms with E-state index in [1.165, 1.54) is 12.1 Å². The summed E-state index contributed by atoms with van der Waals surface area (Å²) in [6.45, 7) is 8.87. The number of nitrogens with zero attached hydrogens (tertiary/aromatic N) is 2. The summed E-state index contributed by atoms with van der Waals surface area (Å²) in [5.74, 6) is -0.377. The summed E-state index contributed by atoms with van der Waals surface area (Å²) in [5, 5.41) is 2.01. The number of benzene rings is 1. The van der Waals surface area contributed by atoms with Crippen molar-refractivity contribution < 1.29 is 14.0 Å². The van der Waals surface area contributed by atoms with Crippen LogP contribution in [0.5, 0.6) is 0 Å². The van der Waals surface area contributed by atoms with Crippen LogP contribution in [0.3, 0.4) is 0 Å². The standard InChI is InChI=1S/C23H31FN2O2S/c1-5-6-7-22(27)26(17(2)3)16-23(28)25(15-21-18(4)12-13-29-21)14-19-8-10-20(24)11-9-19/h8-13,17H,5-7,14-16H2,1-4H3. The minimum Gasteiger partial charge on any atom is -0.332 e. The van der Waals surface area contributed by atoms with Gasteiger partial charge in [-0.3, -0.25) is 9.59 Å². The number of hydrogen-bond acceptors (Lipinski definition) is 3. The molecule has 0 atom stereocenters. The number of rotatable bonds is 10. The van der Waals surface area contributed by atoms with Crippen molar-refractivity contribution in [3.05, 3.63) is 57.5 Å². The predicted octanol–water partition coefficient (Wildman–Crippen LogP) is 5.15. The van der Waals surface area contributed by atoms with Crippen LogP contribution in [0.2, 0.25) is 0 Å². The Kier molecular flexibility index (Phi) is 8.83. The highest BCUT2D eigenvalue weighted by atomic mass is 32.1. The van der Waals surface area contributed by atoms with E-state index in [0.717, 1.165) is 28.8 Å². The SMILES string of the molecule is CCCCC(=O)N(CC(=O)N(Cc1ccc(F)cc1)Cc1sccc1C)C(C)C. The van der Waals surface area contributed by atoms with Crippen molar-refractivity contribution >= 4 is 23.2 Å². The maximum absolute atomic E-state index is 13.3. The molecular formula is C23H31FN2O2S. The summed E-state index contributed by atoms with van der Waals surface area (Å²) in [5.41, 5.74) is 2.01. The monoisotopic (exact) mass is 418 g/mol. The summed E-state index contributed by atoms with van der Waals surface area (Å²) in [7, 11) is 0. The van der Waals surface area contributed by atoms with Crippen LogP contribution in [0.1, 0.15) is 56.0 Å². The van der Waals surface area contributed by atoms with E-state index in [0.29, 0.717) is 19.5 Å². The average Bonchev–Trinajstić information content (AvgIpc) is 3.09. The molecule has 0 radical (unpaired) electrons. The Morgan fingerprint density at radius 1 is 1.07 bits per heavy atom. The molecule has 1 aromatic carbocycles. The van der Waals surface area contributed by atoms with E-state index in [-0.39, 0.29) is 30.2 Å². The molecule has 0 aliphatic carbocycles. The molecule has 0 saturated heterocycles. The molecule has 2 rings (SSSR count). The maximum Gasteiger partial charge on any atom is 0.242 e. The number of amides is 2. The molecule has 2 amide bonds. The topological polar surface area (TPSA) is 40.6 Å². The fourth-order valence-corrected chi connectivity index (χ4v) is 3.98. The number of hydrogen-bond donors (Lipinski definition) is 0. The molecule has 0 bridgehead atoms. The number of thiophene rings is 1. The van der Waals surface area contributed by atoms with Gasteiger partial charge in [0.15, 0.2) is 0 Å². The first-order chi connectivity index (χ1) is 13.8. The molecule has 0 fully saturated rings. The summed E-state index contributed by atoms with van der Waals surface area (Å²) in [6.07, 6.45) is 2.23. The van der Waals surface area contributed by atoms with E-state index < -0.39 is 0 Å². The van der Waals surface area contributed by atoms with Gasteiger partial charge in [-0.25, -0.2) is 4.39 Å². The molecule has 0 spiro atoms. The van der Waals surface area contributed by atoms with Crippen LogP contribution in [0.15, 0.2) is 35.7 Å². The van der Waals surface area contributed by atoms with Gasteiger partial charge in [0, 0.05) is 23.9 Å². The quantitative estimate of drug-likeness (QED) is 0.535. The molecular weight excluding hydrogens is 387 g/mol. The van der Waals surface area contributed by atoms with Gasteiger partial charge in [0.05, 0.1) is 13.1 Å². The Morgan fingerprint density at radius 3 is 2.31 bits per heavy atom. The van der Waals surface area contributed by atoms with E-state index >= 15 is 0 Å². The summed E-state index contributed by atoms with van der Waals surface area (Å²) in [4.78, 5) is 30.3. The lowest BCUT2D eigenvalue weighted by atomic mass is 10.1. The lowest BCUT2D eigenvalue weighted by Crippen LogP contribution is -2.45. The molecule has 0 N–H and O–H groups in total. The first kappa shape index (κ1) is 23.1. The van der Waals surface area contributed by atoms with Gasteiger partial charge in [-0.1, -0.05) is 25.5 Å². The first-order valence-electron chi connectivity index (χ1n) is 10.2. The van der Waals surface area contributed by atoms with Gasteiger partial charge >= 0.3 is 0 Å². The van der Waals surface area contributed by atoms with E-state index in [1.807, 2.05) is 39.1 Å². The van der Waals surface area contributed by atoms with E-state index in [9.17, 15) is 14.0 Å². The third-order valence-electron chi connectivity index (χ3n) is 4.94. The minimum absolute atomic E-state index is 0.0178. The van der Waals surface area contributed by atoms with Crippen molar-refractivity contribution in [1.82, 2.24) is 9.80 Å². The number of carbonyl (C=O) groups is 2. The van der Waals surface area contributed by atoms with Crippen molar-refractivity contribution in [3.8, 4) is 0 Å². The van der Waals surface area contributed by atoms with Gasteiger partial charge in [0.25, 0.3) is 0 Å². The van der Waals surface area contributed by atoms with Gasteiger partial charge in [-0.05, 0) is 61.9 Å². The highest BCUT2D eigenvalue weighted by Gasteiger charge is 2.24. The molecule has 0 aliphatic rings. The molecule has 1 aromatic heterocycles. The van der Waals surface area contributed by atoms with Crippen LogP contribution in [-0.2, 0) is 22.7 Å². The first-order valence-corrected chi connectivity index (χ1v) is 11.0. The van der Waals surface area contributed by atoms with Crippen molar-refractivity contribution in [2.24, 2.45) is 0 Å². The number of halogens is 1. The lowest BCUT2D eigenvalue weighted by molar-refractivity contribution is -0.142. The second-order valence-corrected chi connectivity index (χ2v) is 8.62. The van der Waals surface area contributed by atoms with Gasteiger partial charge < -0.3 is 9.80 Å². The van der Waals surface area contributed by atoms with Crippen molar-refractivity contribution in [1.29, 1.82) is 0 Å². The Bertz CT molecular complexity index is 801. The largest absolute Gasteiger partial charge is 0.332 e. The Hall–Kier alpha value is -2.21. The molecule has 0 aliphatic heterocycles. The predicted molar refractivity (Wildman–Crippen MR) is 116 cm³/mol. The fourth-order valence-electron chi connectivity index (χ4n) is 3.06. The molecule has 29 heavy (non-hydrogen) atoms. The van der Waals surface area contributed by atoms with Crippen LogP contribution >= 0.6 is 11.3 Å². The van der Waals surface area contributed by atoms with Gasteiger partial charge in [0.1, 0.15) is 5.82 Å². The molecule has 1 heterocycles. The molecule has 2 aromatic rings. The molecule has 6 heteroatoms. The van der Waals surface area contributed by atoms with Crippen LogP contribution < -0.4 is 0 Å². The minimum atomic E-state index is -0.298. The van der Waals surface area contributed by atoms with E-state index in [4.69, 9.17) is 0 Å². The number of unbranched alkanes of at least 4 members (excludes halogenated alkanes) is 1. The van der Waals surface area contributed by atoms with Crippen molar-refractivity contribution in [3.63, 3.8) is 0 Å². The Labute approximate surface area is 177 Å². The van der Waals surface area contributed by atoms with Gasteiger partial charge in [0.2, 0.25) is 11.8 Å². The van der Waals surface area contributed by atoms with E-state index in [1.54, 1.807) is 33.3 Å². The van der Waals surface area contributed by atoms with Crippen LogP contribution in [0.25, 0.3) is 0 Å². The van der Waals surface area contributed by atoms with Crippen LogP contribution in [-0.4, -0.2) is 34.2 Å².